The monoisotopic (exact) mass is 389 g/mol. The van der Waals surface area contributed by atoms with Crippen LogP contribution in [0.25, 0.3) is 0 Å². The lowest BCUT2D eigenvalue weighted by molar-refractivity contribution is -0.120. The molecule has 146 valence electrons. The molecule has 2 aromatic carbocycles. The molecule has 0 bridgehead atoms. The standard InChI is InChI=1S/C21H27NO4S/c1-5-19(27-20-9-7-6-8-17(20)25-3)21(23)22-13-12-15-10-11-16(24-2)18(14-15)26-4/h6-11,14,19H,5,12-13H2,1-4H3,(H,22,23). The fourth-order valence-corrected chi connectivity index (χ4v) is 3.76. The van der Waals surface area contributed by atoms with Gasteiger partial charge in [0.15, 0.2) is 11.5 Å². The average molecular weight is 390 g/mol. The Bertz CT molecular complexity index is 751. The number of ether oxygens (including phenoxy) is 3. The Morgan fingerprint density at radius 3 is 2.37 bits per heavy atom. The van der Waals surface area contributed by atoms with Crippen LogP contribution < -0.4 is 19.5 Å². The Morgan fingerprint density at radius 1 is 1.00 bits per heavy atom. The number of rotatable bonds is 10. The minimum atomic E-state index is -0.160. The lowest BCUT2D eigenvalue weighted by Crippen LogP contribution is -2.33. The van der Waals surface area contributed by atoms with Gasteiger partial charge in [-0.15, -0.1) is 11.8 Å². The minimum Gasteiger partial charge on any atom is -0.496 e. The van der Waals surface area contributed by atoms with Crippen LogP contribution in [0.4, 0.5) is 0 Å². The first-order valence-corrected chi connectivity index (χ1v) is 9.79. The van der Waals surface area contributed by atoms with Crippen molar-refractivity contribution < 1.29 is 19.0 Å². The van der Waals surface area contributed by atoms with Gasteiger partial charge in [-0.1, -0.05) is 25.1 Å². The van der Waals surface area contributed by atoms with Gasteiger partial charge in [-0.3, -0.25) is 4.79 Å². The zero-order valence-electron chi connectivity index (χ0n) is 16.3. The van der Waals surface area contributed by atoms with Crippen LogP contribution in [0.15, 0.2) is 47.4 Å². The van der Waals surface area contributed by atoms with Crippen LogP contribution in [0.1, 0.15) is 18.9 Å². The van der Waals surface area contributed by atoms with Crippen molar-refractivity contribution in [2.45, 2.75) is 29.9 Å². The van der Waals surface area contributed by atoms with Gasteiger partial charge in [-0.25, -0.2) is 0 Å². The molecule has 1 unspecified atom stereocenters. The highest BCUT2D eigenvalue weighted by atomic mass is 32.2. The number of carbonyl (C=O) groups excluding carboxylic acids is 1. The van der Waals surface area contributed by atoms with E-state index in [4.69, 9.17) is 14.2 Å². The third-order valence-electron chi connectivity index (χ3n) is 4.16. The Balaban J connectivity index is 1.91. The van der Waals surface area contributed by atoms with E-state index in [1.807, 2.05) is 49.4 Å². The summed E-state index contributed by atoms with van der Waals surface area (Å²) in [6, 6.07) is 13.6. The normalized spacial score (nSPS) is 11.6. The number of hydrogen-bond donors (Lipinski definition) is 1. The van der Waals surface area contributed by atoms with Crippen molar-refractivity contribution in [1.82, 2.24) is 5.32 Å². The van der Waals surface area contributed by atoms with Crippen molar-refractivity contribution >= 4 is 17.7 Å². The first-order chi connectivity index (χ1) is 13.1. The van der Waals surface area contributed by atoms with E-state index in [2.05, 4.69) is 5.32 Å². The molecule has 5 nitrogen and oxygen atoms in total. The molecule has 0 saturated heterocycles. The Morgan fingerprint density at radius 2 is 1.70 bits per heavy atom. The van der Waals surface area contributed by atoms with Crippen LogP contribution in [-0.4, -0.2) is 39.0 Å². The Hall–Kier alpha value is -2.34. The van der Waals surface area contributed by atoms with Crippen LogP contribution in [0.3, 0.4) is 0 Å². The molecule has 0 heterocycles. The highest BCUT2D eigenvalue weighted by Gasteiger charge is 2.19. The summed E-state index contributed by atoms with van der Waals surface area (Å²) in [7, 11) is 4.87. The predicted molar refractivity (Wildman–Crippen MR) is 109 cm³/mol. The second kappa shape index (κ2) is 10.7. The van der Waals surface area contributed by atoms with Gasteiger partial charge < -0.3 is 19.5 Å². The summed E-state index contributed by atoms with van der Waals surface area (Å²) in [5.41, 5.74) is 1.08. The third kappa shape index (κ3) is 5.82. The van der Waals surface area contributed by atoms with Gasteiger partial charge in [-0.2, -0.15) is 0 Å². The van der Waals surface area contributed by atoms with Gasteiger partial charge in [0, 0.05) is 6.54 Å². The first kappa shape index (κ1) is 21.0. The quantitative estimate of drug-likeness (QED) is 0.624. The maximum atomic E-state index is 12.6. The number of benzene rings is 2. The van der Waals surface area contributed by atoms with Crippen molar-refractivity contribution in [2.24, 2.45) is 0 Å². The van der Waals surface area contributed by atoms with Crippen molar-refractivity contribution in [3.63, 3.8) is 0 Å². The van der Waals surface area contributed by atoms with Gasteiger partial charge in [0.05, 0.1) is 31.5 Å². The third-order valence-corrected chi connectivity index (χ3v) is 5.59. The maximum absolute atomic E-state index is 12.6. The predicted octanol–water partition coefficient (Wildman–Crippen LogP) is 3.94. The number of hydrogen-bond acceptors (Lipinski definition) is 5. The SMILES string of the molecule is CCC(Sc1ccccc1OC)C(=O)NCCc1ccc(OC)c(OC)c1. The van der Waals surface area contributed by atoms with Gasteiger partial charge in [0.1, 0.15) is 5.75 Å². The number of thioether (sulfide) groups is 1. The second-order valence-corrected chi connectivity index (χ2v) is 7.14. The summed E-state index contributed by atoms with van der Waals surface area (Å²) in [6.45, 7) is 2.58. The fraction of sp³-hybridized carbons (Fsp3) is 0.381. The summed E-state index contributed by atoms with van der Waals surface area (Å²) in [4.78, 5) is 13.5. The molecule has 6 heteroatoms. The molecular formula is C21H27NO4S. The molecule has 1 atom stereocenters. The maximum Gasteiger partial charge on any atom is 0.233 e. The Kier molecular flexibility index (Phi) is 8.33. The number of nitrogens with one attached hydrogen (secondary N) is 1. The average Bonchev–Trinajstić information content (AvgIpc) is 2.71. The summed E-state index contributed by atoms with van der Waals surface area (Å²) >= 11 is 1.53. The van der Waals surface area contributed by atoms with Crippen molar-refractivity contribution in [3.05, 3.63) is 48.0 Å². The van der Waals surface area contributed by atoms with Crippen LogP contribution >= 0.6 is 11.8 Å². The highest BCUT2D eigenvalue weighted by molar-refractivity contribution is 8.00. The van der Waals surface area contributed by atoms with Gasteiger partial charge in [0.2, 0.25) is 5.91 Å². The van der Waals surface area contributed by atoms with E-state index in [1.165, 1.54) is 11.8 Å². The van der Waals surface area contributed by atoms with Crippen LogP contribution in [0.2, 0.25) is 0 Å². The summed E-state index contributed by atoms with van der Waals surface area (Å²) in [5.74, 6) is 2.22. The molecule has 0 aliphatic heterocycles. The van der Waals surface area contributed by atoms with Crippen molar-refractivity contribution in [1.29, 1.82) is 0 Å². The van der Waals surface area contributed by atoms with E-state index < -0.39 is 0 Å². The van der Waals surface area contributed by atoms with Gasteiger partial charge >= 0.3 is 0 Å². The molecule has 0 aliphatic rings. The molecule has 0 spiro atoms. The number of amides is 1. The molecule has 1 amide bonds. The molecule has 2 rings (SSSR count). The molecule has 27 heavy (non-hydrogen) atoms. The molecule has 2 aromatic rings. The number of carbonyl (C=O) groups is 1. The van der Waals surface area contributed by atoms with Crippen LogP contribution in [-0.2, 0) is 11.2 Å². The van der Waals surface area contributed by atoms with Crippen molar-refractivity contribution in [3.8, 4) is 17.2 Å². The molecule has 0 aromatic heterocycles. The first-order valence-electron chi connectivity index (χ1n) is 8.91. The zero-order valence-corrected chi connectivity index (χ0v) is 17.1. The van der Waals surface area contributed by atoms with Crippen LogP contribution in [0, 0.1) is 0 Å². The molecule has 1 N–H and O–H groups in total. The fourth-order valence-electron chi connectivity index (χ4n) is 2.67. The highest BCUT2D eigenvalue weighted by Crippen LogP contribution is 2.33. The van der Waals surface area contributed by atoms with E-state index in [0.717, 1.165) is 29.1 Å². The lowest BCUT2D eigenvalue weighted by atomic mass is 10.1. The topological polar surface area (TPSA) is 56.8 Å². The smallest absolute Gasteiger partial charge is 0.233 e. The molecular weight excluding hydrogens is 362 g/mol. The van der Waals surface area contributed by atoms with Gasteiger partial charge in [-0.05, 0) is 42.7 Å². The minimum absolute atomic E-state index is 0.0360. The van der Waals surface area contributed by atoms with Crippen molar-refractivity contribution in [2.75, 3.05) is 27.9 Å². The second-order valence-electron chi connectivity index (χ2n) is 5.90. The number of para-hydroxylation sites is 1. The summed E-state index contributed by atoms with van der Waals surface area (Å²) < 4.78 is 15.9. The molecule has 0 fully saturated rings. The Labute approximate surface area is 165 Å². The lowest BCUT2D eigenvalue weighted by Gasteiger charge is -2.16. The zero-order chi connectivity index (χ0) is 19.6. The van der Waals surface area contributed by atoms with Crippen LogP contribution in [0.5, 0.6) is 17.2 Å². The largest absolute Gasteiger partial charge is 0.496 e. The summed E-state index contributed by atoms with van der Waals surface area (Å²) in [5, 5.41) is 2.87. The van der Waals surface area contributed by atoms with E-state index >= 15 is 0 Å². The van der Waals surface area contributed by atoms with Gasteiger partial charge in [0.25, 0.3) is 0 Å². The van der Waals surface area contributed by atoms with E-state index in [1.54, 1.807) is 21.3 Å². The summed E-state index contributed by atoms with van der Waals surface area (Å²) in [6.07, 6.45) is 1.47. The van der Waals surface area contributed by atoms with E-state index in [0.29, 0.717) is 18.0 Å². The molecule has 0 radical (unpaired) electrons. The van der Waals surface area contributed by atoms with E-state index in [9.17, 15) is 4.79 Å². The van der Waals surface area contributed by atoms with E-state index in [-0.39, 0.29) is 11.2 Å². The molecule has 0 saturated carbocycles. The molecule has 0 aliphatic carbocycles. The number of methoxy groups -OCH3 is 3.